The Bertz CT molecular complexity index is 313. The van der Waals surface area contributed by atoms with Gasteiger partial charge in [0.15, 0.2) is 0 Å². The lowest BCUT2D eigenvalue weighted by Gasteiger charge is -2.14. The average molecular weight is 176 g/mol. The summed E-state index contributed by atoms with van der Waals surface area (Å²) in [6.45, 7) is 4.19. The van der Waals surface area contributed by atoms with Crippen LogP contribution in [0.25, 0.3) is 0 Å². The summed E-state index contributed by atoms with van der Waals surface area (Å²) in [4.78, 5) is 0. The van der Waals surface area contributed by atoms with Gasteiger partial charge in [0.1, 0.15) is 0 Å². The minimum atomic E-state index is -0.222. The highest BCUT2D eigenvalue weighted by Crippen LogP contribution is 2.41. The molecule has 1 heteroatoms. The first kappa shape index (κ1) is 8.76. The second-order valence-corrected chi connectivity index (χ2v) is 4.07. The molecule has 1 saturated carbocycles. The fraction of sp³-hybridized carbons (Fsp3) is 0.500. The van der Waals surface area contributed by atoms with Crippen LogP contribution in [0.2, 0.25) is 0 Å². The lowest BCUT2D eigenvalue weighted by Crippen LogP contribution is -2.02. The largest absolute Gasteiger partial charge is 0.388 e. The van der Waals surface area contributed by atoms with Crippen molar-refractivity contribution in [3.63, 3.8) is 0 Å². The zero-order chi connectivity index (χ0) is 9.42. The van der Waals surface area contributed by atoms with Gasteiger partial charge in [-0.05, 0) is 49.3 Å². The Morgan fingerprint density at radius 3 is 2.62 bits per heavy atom. The first-order chi connectivity index (χ1) is 6.20. The van der Waals surface area contributed by atoms with Crippen LogP contribution in [0.1, 0.15) is 35.6 Å². The van der Waals surface area contributed by atoms with Crippen LogP contribution in [-0.2, 0) is 0 Å². The third-order valence-corrected chi connectivity index (χ3v) is 3.03. The number of rotatable bonds is 2. The van der Waals surface area contributed by atoms with Crippen LogP contribution in [0, 0.1) is 19.8 Å². The van der Waals surface area contributed by atoms with Crippen molar-refractivity contribution >= 4 is 0 Å². The minimum Gasteiger partial charge on any atom is -0.388 e. The van der Waals surface area contributed by atoms with Gasteiger partial charge in [0, 0.05) is 0 Å². The molecule has 1 aliphatic rings. The predicted octanol–water partition coefficient (Wildman–Crippen LogP) is 2.75. The quantitative estimate of drug-likeness (QED) is 0.734. The molecule has 1 fully saturated rings. The zero-order valence-electron chi connectivity index (χ0n) is 8.25. The SMILES string of the molecule is Cc1cccc(C(O)C2CC2)c1C. The van der Waals surface area contributed by atoms with E-state index in [0.29, 0.717) is 5.92 Å². The molecule has 0 aromatic heterocycles. The van der Waals surface area contributed by atoms with E-state index in [1.54, 1.807) is 0 Å². The molecular weight excluding hydrogens is 160 g/mol. The minimum absolute atomic E-state index is 0.222. The molecule has 0 heterocycles. The predicted molar refractivity (Wildman–Crippen MR) is 53.6 cm³/mol. The summed E-state index contributed by atoms with van der Waals surface area (Å²) in [6.07, 6.45) is 2.16. The lowest BCUT2D eigenvalue weighted by atomic mass is 9.97. The molecule has 1 unspecified atom stereocenters. The van der Waals surface area contributed by atoms with Gasteiger partial charge in [0.2, 0.25) is 0 Å². The molecule has 0 amide bonds. The standard InChI is InChI=1S/C12H16O/c1-8-4-3-5-11(9(8)2)12(13)10-6-7-10/h3-5,10,12-13H,6-7H2,1-2H3. The van der Waals surface area contributed by atoms with E-state index in [0.717, 1.165) is 5.56 Å². The molecule has 1 N–H and O–H groups in total. The number of hydrogen-bond donors (Lipinski definition) is 1. The highest BCUT2D eigenvalue weighted by atomic mass is 16.3. The summed E-state index contributed by atoms with van der Waals surface area (Å²) >= 11 is 0. The monoisotopic (exact) mass is 176 g/mol. The fourth-order valence-corrected chi connectivity index (χ4v) is 1.76. The molecule has 0 spiro atoms. The second kappa shape index (κ2) is 3.15. The number of aliphatic hydroxyl groups excluding tert-OH is 1. The van der Waals surface area contributed by atoms with Crippen LogP contribution in [0.4, 0.5) is 0 Å². The van der Waals surface area contributed by atoms with Crippen molar-refractivity contribution < 1.29 is 5.11 Å². The van der Waals surface area contributed by atoms with Crippen LogP contribution in [0.5, 0.6) is 0 Å². The van der Waals surface area contributed by atoms with Crippen LogP contribution < -0.4 is 0 Å². The molecule has 1 aromatic carbocycles. The molecule has 1 aliphatic carbocycles. The molecule has 0 aliphatic heterocycles. The Morgan fingerprint density at radius 1 is 1.31 bits per heavy atom. The van der Waals surface area contributed by atoms with Gasteiger partial charge in [-0.1, -0.05) is 18.2 Å². The fourth-order valence-electron chi connectivity index (χ4n) is 1.76. The third-order valence-electron chi connectivity index (χ3n) is 3.03. The van der Waals surface area contributed by atoms with Gasteiger partial charge in [-0.3, -0.25) is 0 Å². The molecular formula is C12H16O. The maximum absolute atomic E-state index is 9.97. The molecule has 1 nitrogen and oxygen atoms in total. The number of aliphatic hydroxyl groups is 1. The second-order valence-electron chi connectivity index (χ2n) is 4.07. The first-order valence-corrected chi connectivity index (χ1v) is 4.94. The Hall–Kier alpha value is -0.820. The number of aryl methyl sites for hydroxylation is 1. The van der Waals surface area contributed by atoms with Gasteiger partial charge >= 0.3 is 0 Å². The van der Waals surface area contributed by atoms with Gasteiger partial charge in [0.05, 0.1) is 6.10 Å². The molecule has 13 heavy (non-hydrogen) atoms. The van der Waals surface area contributed by atoms with E-state index in [9.17, 15) is 5.11 Å². The Kier molecular flexibility index (Phi) is 2.12. The van der Waals surface area contributed by atoms with Crippen LogP contribution in [0.3, 0.4) is 0 Å². The highest BCUT2D eigenvalue weighted by Gasteiger charge is 2.31. The van der Waals surface area contributed by atoms with Gasteiger partial charge in [0.25, 0.3) is 0 Å². The van der Waals surface area contributed by atoms with Crippen molar-refractivity contribution in [3.8, 4) is 0 Å². The first-order valence-electron chi connectivity index (χ1n) is 4.94. The van der Waals surface area contributed by atoms with Crippen LogP contribution >= 0.6 is 0 Å². The van der Waals surface area contributed by atoms with Crippen molar-refractivity contribution in [2.24, 2.45) is 5.92 Å². The normalized spacial score (nSPS) is 18.7. The van der Waals surface area contributed by atoms with E-state index in [4.69, 9.17) is 0 Å². The molecule has 1 atom stereocenters. The van der Waals surface area contributed by atoms with Gasteiger partial charge < -0.3 is 5.11 Å². The number of hydrogen-bond acceptors (Lipinski definition) is 1. The van der Waals surface area contributed by atoms with Crippen molar-refractivity contribution in [2.45, 2.75) is 32.8 Å². The maximum atomic E-state index is 9.97. The Labute approximate surface area is 79.4 Å². The summed E-state index contributed by atoms with van der Waals surface area (Å²) in [5.74, 6) is 0.528. The Balaban J connectivity index is 2.32. The highest BCUT2D eigenvalue weighted by molar-refractivity contribution is 5.35. The molecule has 0 bridgehead atoms. The van der Waals surface area contributed by atoms with E-state index in [1.807, 2.05) is 12.1 Å². The topological polar surface area (TPSA) is 20.2 Å². The van der Waals surface area contributed by atoms with Crippen molar-refractivity contribution in [2.75, 3.05) is 0 Å². The van der Waals surface area contributed by atoms with E-state index in [2.05, 4.69) is 19.9 Å². The zero-order valence-corrected chi connectivity index (χ0v) is 8.25. The summed E-state index contributed by atoms with van der Waals surface area (Å²) in [7, 11) is 0. The van der Waals surface area contributed by atoms with E-state index in [-0.39, 0.29) is 6.10 Å². The van der Waals surface area contributed by atoms with Gasteiger partial charge in [-0.25, -0.2) is 0 Å². The van der Waals surface area contributed by atoms with E-state index >= 15 is 0 Å². The lowest BCUT2D eigenvalue weighted by molar-refractivity contribution is 0.153. The summed E-state index contributed by atoms with van der Waals surface area (Å²) in [5.41, 5.74) is 3.65. The Morgan fingerprint density at radius 2 is 2.00 bits per heavy atom. The molecule has 1 aromatic rings. The summed E-state index contributed by atoms with van der Waals surface area (Å²) < 4.78 is 0. The summed E-state index contributed by atoms with van der Waals surface area (Å²) in [5, 5.41) is 9.97. The molecule has 0 radical (unpaired) electrons. The smallest absolute Gasteiger partial charge is 0.0820 e. The van der Waals surface area contributed by atoms with E-state index in [1.165, 1.54) is 24.0 Å². The van der Waals surface area contributed by atoms with Crippen molar-refractivity contribution in [1.29, 1.82) is 0 Å². The number of benzene rings is 1. The molecule has 0 saturated heterocycles. The summed E-state index contributed by atoms with van der Waals surface area (Å²) in [6, 6.07) is 6.17. The average Bonchev–Trinajstić information content (AvgIpc) is 2.91. The molecule has 2 rings (SSSR count). The van der Waals surface area contributed by atoms with E-state index < -0.39 is 0 Å². The van der Waals surface area contributed by atoms with Crippen molar-refractivity contribution in [1.82, 2.24) is 0 Å². The van der Waals surface area contributed by atoms with Crippen LogP contribution in [-0.4, -0.2) is 5.11 Å². The maximum Gasteiger partial charge on any atom is 0.0820 e. The van der Waals surface area contributed by atoms with Crippen LogP contribution in [0.15, 0.2) is 18.2 Å². The van der Waals surface area contributed by atoms with Gasteiger partial charge in [-0.15, -0.1) is 0 Å². The van der Waals surface area contributed by atoms with Crippen molar-refractivity contribution in [3.05, 3.63) is 34.9 Å². The van der Waals surface area contributed by atoms with Gasteiger partial charge in [-0.2, -0.15) is 0 Å². The third kappa shape index (κ3) is 1.61. The molecule has 70 valence electrons.